The Morgan fingerprint density at radius 3 is 2.72 bits per heavy atom. The molecule has 25 heavy (non-hydrogen) atoms. The Hall–Kier alpha value is -2.91. The predicted molar refractivity (Wildman–Crippen MR) is 95.9 cm³/mol. The molecule has 126 valence electrons. The third-order valence-electron chi connectivity index (χ3n) is 3.33. The van der Waals surface area contributed by atoms with Gasteiger partial charge in [0.15, 0.2) is 5.78 Å². The van der Waals surface area contributed by atoms with Crippen LogP contribution in [0.2, 0.25) is 0 Å². The summed E-state index contributed by atoms with van der Waals surface area (Å²) < 4.78 is 6.51. The first kappa shape index (κ1) is 18.4. The minimum atomic E-state index is -0.781. The van der Waals surface area contributed by atoms with Crippen LogP contribution in [-0.4, -0.2) is 16.7 Å². The van der Waals surface area contributed by atoms with E-state index in [0.29, 0.717) is 22.4 Å². The van der Waals surface area contributed by atoms with Crippen LogP contribution in [-0.2, 0) is 16.2 Å². The van der Waals surface area contributed by atoms with Crippen molar-refractivity contribution in [2.24, 2.45) is 0 Å². The Balaban J connectivity index is 2.18. The molecular weight excluding hydrogens is 386 g/mol. The molecule has 0 bridgehead atoms. The summed E-state index contributed by atoms with van der Waals surface area (Å²) in [7, 11) is 0. The zero-order chi connectivity index (χ0) is 18.4. The second-order valence-corrected chi connectivity index (χ2v) is 6.10. The average molecular weight is 400 g/mol. The van der Waals surface area contributed by atoms with Crippen LogP contribution >= 0.6 is 15.9 Å². The molecule has 0 aliphatic carbocycles. The maximum absolute atomic E-state index is 11.4. The minimum absolute atomic E-state index is 0.169. The number of hydrogen-bond donors (Lipinski definition) is 1. The zero-order valence-corrected chi connectivity index (χ0v) is 14.9. The SMILES string of the molecule is CC(=O)C(=O)C=C(O)c1cccc(OCc2cc(Br)ccc2C#N)c1. The Bertz CT molecular complexity index is 897. The molecule has 0 aliphatic rings. The van der Waals surface area contributed by atoms with Gasteiger partial charge in [0.2, 0.25) is 5.78 Å². The van der Waals surface area contributed by atoms with Crippen molar-refractivity contribution in [3.05, 3.63) is 69.7 Å². The first-order valence-corrected chi connectivity index (χ1v) is 8.07. The Morgan fingerprint density at radius 1 is 1.28 bits per heavy atom. The van der Waals surface area contributed by atoms with E-state index in [2.05, 4.69) is 22.0 Å². The third-order valence-corrected chi connectivity index (χ3v) is 3.82. The van der Waals surface area contributed by atoms with Gasteiger partial charge < -0.3 is 9.84 Å². The molecule has 6 heteroatoms. The molecule has 0 saturated carbocycles. The van der Waals surface area contributed by atoms with Crippen molar-refractivity contribution in [2.45, 2.75) is 13.5 Å². The second-order valence-electron chi connectivity index (χ2n) is 5.18. The molecule has 0 aliphatic heterocycles. The number of rotatable bonds is 6. The Kier molecular flexibility index (Phi) is 6.09. The summed E-state index contributed by atoms with van der Waals surface area (Å²) in [6.45, 7) is 1.30. The van der Waals surface area contributed by atoms with Crippen molar-refractivity contribution >= 4 is 33.3 Å². The van der Waals surface area contributed by atoms with Crippen LogP contribution in [0.5, 0.6) is 5.75 Å². The van der Waals surface area contributed by atoms with Crippen LogP contribution < -0.4 is 4.74 Å². The van der Waals surface area contributed by atoms with Gasteiger partial charge in [0.05, 0.1) is 11.6 Å². The highest BCUT2D eigenvalue weighted by Crippen LogP contribution is 2.22. The van der Waals surface area contributed by atoms with Gasteiger partial charge in [0.25, 0.3) is 0 Å². The average Bonchev–Trinajstić information content (AvgIpc) is 2.60. The summed E-state index contributed by atoms with van der Waals surface area (Å²) >= 11 is 3.35. The molecule has 0 heterocycles. The number of allylic oxidation sites excluding steroid dienone is 1. The number of aliphatic hydroxyl groups excluding tert-OH is 1. The summed E-state index contributed by atoms with van der Waals surface area (Å²) in [5.74, 6) is -1.29. The quantitative estimate of drug-likeness (QED) is 0.451. The predicted octanol–water partition coefficient (Wildman–Crippen LogP) is 3.96. The molecule has 2 rings (SSSR count). The molecule has 0 fully saturated rings. The Labute approximate surface area is 153 Å². The van der Waals surface area contributed by atoms with Gasteiger partial charge >= 0.3 is 0 Å². The highest BCUT2D eigenvalue weighted by molar-refractivity contribution is 9.10. The fourth-order valence-corrected chi connectivity index (χ4v) is 2.41. The number of hydrogen-bond acceptors (Lipinski definition) is 5. The van der Waals surface area contributed by atoms with E-state index in [4.69, 9.17) is 10.00 Å². The normalized spacial score (nSPS) is 10.8. The molecule has 5 nitrogen and oxygen atoms in total. The molecular formula is C19H14BrNO4. The van der Waals surface area contributed by atoms with E-state index in [0.717, 1.165) is 17.5 Å². The highest BCUT2D eigenvalue weighted by Gasteiger charge is 2.09. The Morgan fingerprint density at radius 2 is 2.04 bits per heavy atom. The summed E-state index contributed by atoms with van der Waals surface area (Å²) in [5, 5.41) is 19.1. The summed E-state index contributed by atoms with van der Waals surface area (Å²) in [6, 6.07) is 13.8. The standard InChI is InChI=1S/C19H14BrNO4/c1-12(22)18(23)9-19(24)13-3-2-4-17(8-13)25-11-15-7-16(20)6-5-14(15)10-21/h2-9,24H,11H2,1H3. The van der Waals surface area contributed by atoms with Crippen LogP contribution in [0.3, 0.4) is 0 Å². The number of ether oxygens (including phenoxy) is 1. The van der Waals surface area contributed by atoms with E-state index in [1.807, 2.05) is 0 Å². The first-order valence-electron chi connectivity index (χ1n) is 7.28. The summed E-state index contributed by atoms with van der Waals surface area (Å²) in [5.41, 5.74) is 1.57. The lowest BCUT2D eigenvalue weighted by molar-refractivity contribution is -0.132. The molecule has 0 atom stereocenters. The van der Waals surface area contributed by atoms with E-state index in [-0.39, 0.29) is 12.4 Å². The number of nitriles is 1. The topological polar surface area (TPSA) is 87.4 Å². The highest BCUT2D eigenvalue weighted by atomic mass is 79.9. The number of halogens is 1. The largest absolute Gasteiger partial charge is 0.507 e. The molecule has 1 N–H and O–H groups in total. The van der Waals surface area contributed by atoms with Crippen molar-refractivity contribution in [2.75, 3.05) is 0 Å². The second kappa shape index (κ2) is 8.27. The van der Waals surface area contributed by atoms with E-state index >= 15 is 0 Å². The van der Waals surface area contributed by atoms with Crippen molar-refractivity contribution in [1.82, 2.24) is 0 Å². The molecule has 2 aromatic rings. The summed E-state index contributed by atoms with van der Waals surface area (Å²) in [4.78, 5) is 22.3. The van der Waals surface area contributed by atoms with Crippen molar-refractivity contribution in [3.63, 3.8) is 0 Å². The smallest absolute Gasteiger partial charge is 0.224 e. The lowest BCUT2D eigenvalue weighted by Crippen LogP contribution is -2.06. The maximum Gasteiger partial charge on any atom is 0.224 e. The number of carbonyl (C=O) groups is 2. The number of ketones is 2. The molecule has 0 saturated heterocycles. The van der Waals surface area contributed by atoms with Gasteiger partial charge in [-0.2, -0.15) is 5.26 Å². The monoisotopic (exact) mass is 399 g/mol. The first-order chi connectivity index (χ1) is 11.9. The van der Waals surface area contributed by atoms with Gasteiger partial charge in [-0.1, -0.05) is 28.1 Å². The third kappa shape index (κ3) is 5.03. The zero-order valence-electron chi connectivity index (χ0n) is 13.3. The number of benzene rings is 2. The van der Waals surface area contributed by atoms with Gasteiger partial charge in [-0.05, 0) is 30.3 Å². The van der Waals surface area contributed by atoms with Crippen molar-refractivity contribution in [3.8, 4) is 11.8 Å². The number of aliphatic hydroxyl groups is 1. The fourth-order valence-electron chi connectivity index (χ4n) is 2.01. The van der Waals surface area contributed by atoms with Gasteiger partial charge in [0.1, 0.15) is 18.1 Å². The van der Waals surface area contributed by atoms with Crippen molar-refractivity contribution in [1.29, 1.82) is 5.26 Å². The van der Waals surface area contributed by atoms with E-state index in [9.17, 15) is 14.7 Å². The van der Waals surface area contributed by atoms with Gasteiger partial charge in [-0.25, -0.2) is 0 Å². The molecule has 0 aromatic heterocycles. The van der Waals surface area contributed by atoms with Crippen LogP contribution in [0.1, 0.15) is 23.6 Å². The molecule has 2 aromatic carbocycles. The number of nitrogens with zero attached hydrogens (tertiary/aromatic N) is 1. The van der Waals surface area contributed by atoms with Crippen LogP contribution in [0.4, 0.5) is 0 Å². The minimum Gasteiger partial charge on any atom is -0.507 e. The lowest BCUT2D eigenvalue weighted by Gasteiger charge is -2.09. The van der Waals surface area contributed by atoms with Crippen LogP contribution in [0, 0.1) is 11.3 Å². The maximum atomic E-state index is 11.4. The van der Waals surface area contributed by atoms with Gasteiger partial charge in [0, 0.05) is 28.6 Å². The van der Waals surface area contributed by atoms with Crippen molar-refractivity contribution < 1.29 is 19.4 Å². The van der Waals surface area contributed by atoms with E-state index in [1.165, 1.54) is 0 Å². The van der Waals surface area contributed by atoms with E-state index in [1.54, 1.807) is 42.5 Å². The number of carbonyl (C=O) groups excluding carboxylic acids is 2. The number of Topliss-reactive ketones (excluding diaryl/α,β-unsaturated/α-hetero) is 1. The van der Waals surface area contributed by atoms with E-state index < -0.39 is 11.6 Å². The molecule has 0 amide bonds. The molecule has 0 unspecified atom stereocenters. The lowest BCUT2D eigenvalue weighted by atomic mass is 10.1. The summed E-state index contributed by atoms with van der Waals surface area (Å²) in [6.07, 6.45) is 0.879. The van der Waals surface area contributed by atoms with Gasteiger partial charge in [-0.15, -0.1) is 0 Å². The van der Waals surface area contributed by atoms with Crippen LogP contribution in [0.25, 0.3) is 5.76 Å². The molecule has 0 radical (unpaired) electrons. The molecule has 0 spiro atoms. The fraction of sp³-hybridized carbons (Fsp3) is 0.105. The van der Waals surface area contributed by atoms with Gasteiger partial charge in [-0.3, -0.25) is 9.59 Å². The van der Waals surface area contributed by atoms with Crippen LogP contribution in [0.15, 0.2) is 53.0 Å².